The van der Waals surface area contributed by atoms with Gasteiger partial charge in [-0.2, -0.15) is 0 Å². The standard InChI is InChI=1S/C14H11Cl3O2/c1-19-12-6-5-8(7-11(12)16)14(18)9-3-2-4-10(15)13(9)17/h2-7,14,18H,1H3. The van der Waals surface area contributed by atoms with E-state index < -0.39 is 6.10 Å². The van der Waals surface area contributed by atoms with Crippen LogP contribution in [0.15, 0.2) is 36.4 Å². The molecule has 1 unspecified atom stereocenters. The molecule has 0 saturated carbocycles. The van der Waals surface area contributed by atoms with Crippen molar-refractivity contribution in [1.82, 2.24) is 0 Å². The zero-order valence-electron chi connectivity index (χ0n) is 10.0. The molecule has 0 fully saturated rings. The van der Waals surface area contributed by atoms with Gasteiger partial charge in [-0.15, -0.1) is 0 Å². The third-order valence-electron chi connectivity index (χ3n) is 2.77. The van der Waals surface area contributed by atoms with E-state index in [1.165, 1.54) is 7.11 Å². The van der Waals surface area contributed by atoms with Gasteiger partial charge in [0, 0.05) is 5.56 Å². The monoisotopic (exact) mass is 316 g/mol. The first kappa shape index (κ1) is 14.5. The second kappa shape index (κ2) is 6.02. The lowest BCUT2D eigenvalue weighted by molar-refractivity contribution is 0.220. The highest BCUT2D eigenvalue weighted by atomic mass is 35.5. The molecular formula is C14H11Cl3O2. The molecule has 1 N–H and O–H groups in total. The first-order valence-corrected chi connectivity index (χ1v) is 6.63. The smallest absolute Gasteiger partial charge is 0.137 e. The van der Waals surface area contributed by atoms with E-state index in [1.807, 2.05) is 0 Å². The third-order valence-corrected chi connectivity index (χ3v) is 3.90. The fraction of sp³-hybridized carbons (Fsp3) is 0.143. The summed E-state index contributed by atoms with van der Waals surface area (Å²) in [6.45, 7) is 0. The Morgan fingerprint density at radius 3 is 2.42 bits per heavy atom. The summed E-state index contributed by atoms with van der Waals surface area (Å²) in [5, 5.41) is 11.5. The summed E-state index contributed by atoms with van der Waals surface area (Å²) in [6, 6.07) is 10.2. The zero-order valence-corrected chi connectivity index (χ0v) is 12.3. The van der Waals surface area contributed by atoms with Gasteiger partial charge in [-0.1, -0.05) is 53.0 Å². The van der Waals surface area contributed by atoms with Gasteiger partial charge in [-0.25, -0.2) is 0 Å². The van der Waals surface area contributed by atoms with Crippen molar-refractivity contribution >= 4 is 34.8 Å². The van der Waals surface area contributed by atoms with Crippen molar-refractivity contribution in [2.45, 2.75) is 6.10 Å². The molecule has 2 nitrogen and oxygen atoms in total. The van der Waals surface area contributed by atoms with Crippen LogP contribution >= 0.6 is 34.8 Å². The van der Waals surface area contributed by atoms with E-state index in [0.717, 1.165) is 0 Å². The fourth-order valence-electron chi connectivity index (χ4n) is 1.76. The first-order chi connectivity index (χ1) is 9.04. The van der Waals surface area contributed by atoms with Crippen molar-refractivity contribution in [2.24, 2.45) is 0 Å². The predicted molar refractivity (Wildman–Crippen MR) is 78.5 cm³/mol. The Labute approximate surface area is 126 Å². The minimum atomic E-state index is -0.894. The Morgan fingerprint density at radius 2 is 1.79 bits per heavy atom. The summed E-state index contributed by atoms with van der Waals surface area (Å²) in [6.07, 6.45) is -0.894. The number of methoxy groups -OCH3 is 1. The van der Waals surface area contributed by atoms with Crippen molar-refractivity contribution in [3.05, 3.63) is 62.6 Å². The number of aliphatic hydroxyl groups excluding tert-OH is 1. The zero-order chi connectivity index (χ0) is 14.0. The molecule has 0 bridgehead atoms. The van der Waals surface area contributed by atoms with Crippen LogP contribution in [0.2, 0.25) is 15.1 Å². The van der Waals surface area contributed by atoms with E-state index in [-0.39, 0.29) is 0 Å². The number of rotatable bonds is 3. The van der Waals surface area contributed by atoms with Crippen LogP contribution in [0, 0.1) is 0 Å². The van der Waals surface area contributed by atoms with E-state index in [2.05, 4.69) is 0 Å². The summed E-state index contributed by atoms with van der Waals surface area (Å²) < 4.78 is 5.07. The van der Waals surface area contributed by atoms with Crippen LogP contribution in [0.3, 0.4) is 0 Å². The van der Waals surface area contributed by atoms with Gasteiger partial charge in [-0.05, 0) is 23.8 Å². The van der Waals surface area contributed by atoms with Gasteiger partial charge in [0.25, 0.3) is 0 Å². The molecule has 5 heteroatoms. The van der Waals surface area contributed by atoms with E-state index in [0.29, 0.717) is 31.9 Å². The Bertz CT molecular complexity index is 599. The molecule has 0 spiro atoms. The maximum atomic E-state index is 10.3. The van der Waals surface area contributed by atoms with E-state index in [9.17, 15) is 5.11 Å². The molecule has 0 aliphatic heterocycles. The Hall–Kier alpha value is -0.930. The van der Waals surface area contributed by atoms with Gasteiger partial charge in [0.05, 0.1) is 22.2 Å². The molecule has 2 rings (SSSR count). The molecule has 2 aromatic rings. The topological polar surface area (TPSA) is 29.5 Å². The average Bonchev–Trinajstić information content (AvgIpc) is 2.41. The van der Waals surface area contributed by atoms with Crippen molar-refractivity contribution in [3.8, 4) is 5.75 Å². The summed E-state index contributed by atoms with van der Waals surface area (Å²) in [4.78, 5) is 0. The highest BCUT2D eigenvalue weighted by Crippen LogP contribution is 2.35. The lowest BCUT2D eigenvalue weighted by Gasteiger charge is -2.15. The summed E-state index contributed by atoms with van der Waals surface area (Å²) in [7, 11) is 1.53. The van der Waals surface area contributed by atoms with Crippen LogP contribution in [0.5, 0.6) is 5.75 Å². The quantitative estimate of drug-likeness (QED) is 0.886. The Balaban J connectivity index is 2.41. The van der Waals surface area contributed by atoms with Gasteiger partial charge >= 0.3 is 0 Å². The van der Waals surface area contributed by atoms with Crippen LogP contribution in [-0.4, -0.2) is 12.2 Å². The Kier molecular flexibility index (Phi) is 4.58. The predicted octanol–water partition coefficient (Wildman–Crippen LogP) is 4.74. The number of hydrogen-bond acceptors (Lipinski definition) is 2. The van der Waals surface area contributed by atoms with Gasteiger partial charge in [0.1, 0.15) is 11.9 Å². The maximum absolute atomic E-state index is 10.3. The number of aliphatic hydroxyl groups is 1. The van der Waals surface area contributed by atoms with Gasteiger partial charge in [0.15, 0.2) is 0 Å². The highest BCUT2D eigenvalue weighted by Gasteiger charge is 2.16. The number of ether oxygens (including phenoxy) is 1. The lowest BCUT2D eigenvalue weighted by atomic mass is 10.0. The van der Waals surface area contributed by atoms with Crippen molar-refractivity contribution < 1.29 is 9.84 Å². The molecular weight excluding hydrogens is 307 g/mol. The molecule has 0 aliphatic rings. The highest BCUT2D eigenvalue weighted by molar-refractivity contribution is 6.42. The first-order valence-electron chi connectivity index (χ1n) is 5.50. The Morgan fingerprint density at radius 1 is 1.05 bits per heavy atom. The van der Waals surface area contributed by atoms with Crippen LogP contribution in [-0.2, 0) is 0 Å². The van der Waals surface area contributed by atoms with Crippen molar-refractivity contribution in [2.75, 3.05) is 7.11 Å². The number of halogens is 3. The molecule has 0 amide bonds. The SMILES string of the molecule is COc1ccc(C(O)c2cccc(Cl)c2Cl)cc1Cl. The summed E-state index contributed by atoms with van der Waals surface area (Å²) >= 11 is 18.1. The molecule has 100 valence electrons. The molecule has 0 aliphatic carbocycles. The van der Waals surface area contributed by atoms with Crippen molar-refractivity contribution in [3.63, 3.8) is 0 Å². The van der Waals surface area contributed by atoms with Crippen molar-refractivity contribution in [1.29, 1.82) is 0 Å². The molecule has 1 atom stereocenters. The lowest BCUT2D eigenvalue weighted by Crippen LogP contribution is -2.01. The number of benzene rings is 2. The summed E-state index contributed by atoms with van der Waals surface area (Å²) in [5.74, 6) is 0.551. The van der Waals surface area contributed by atoms with Crippen LogP contribution in [0.4, 0.5) is 0 Å². The van der Waals surface area contributed by atoms with Crippen LogP contribution < -0.4 is 4.74 Å². The minimum Gasteiger partial charge on any atom is -0.495 e. The largest absolute Gasteiger partial charge is 0.495 e. The summed E-state index contributed by atoms with van der Waals surface area (Å²) in [5.41, 5.74) is 1.16. The minimum absolute atomic E-state index is 0.337. The molecule has 0 aromatic heterocycles. The second-order valence-corrected chi connectivity index (χ2v) is 5.13. The number of hydrogen-bond donors (Lipinski definition) is 1. The molecule has 19 heavy (non-hydrogen) atoms. The van der Waals surface area contributed by atoms with Crippen LogP contribution in [0.25, 0.3) is 0 Å². The normalized spacial score (nSPS) is 12.3. The van der Waals surface area contributed by atoms with Gasteiger partial charge in [-0.3, -0.25) is 0 Å². The molecule has 0 radical (unpaired) electrons. The van der Waals surface area contributed by atoms with E-state index in [1.54, 1.807) is 36.4 Å². The third kappa shape index (κ3) is 2.98. The molecule has 2 aromatic carbocycles. The average molecular weight is 318 g/mol. The van der Waals surface area contributed by atoms with Gasteiger partial charge < -0.3 is 9.84 Å². The van der Waals surface area contributed by atoms with E-state index in [4.69, 9.17) is 39.5 Å². The molecule has 0 saturated heterocycles. The van der Waals surface area contributed by atoms with E-state index >= 15 is 0 Å². The maximum Gasteiger partial charge on any atom is 0.137 e. The van der Waals surface area contributed by atoms with Gasteiger partial charge in [0.2, 0.25) is 0 Å². The second-order valence-electron chi connectivity index (χ2n) is 3.94. The fourth-order valence-corrected chi connectivity index (χ4v) is 2.44. The molecule has 0 heterocycles. The van der Waals surface area contributed by atoms with Crippen LogP contribution in [0.1, 0.15) is 17.2 Å².